The molecule has 0 aromatic heterocycles. The number of fused-ring (bicyclic) bond motifs is 1. The van der Waals surface area contributed by atoms with Crippen LogP contribution in [0.25, 0.3) is 0 Å². The first-order valence-electron chi connectivity index (χ1n) is 11.3. The number of halogens is 2. The number of thioether (sulfide) groups is 1. The Balaban J connectivity index is 1.65. The van der Waals surface area contributed by atoms with E-state index < -0.39 is 11.3 Å². The van der Waals surface area contributed by atoms with Crippen molar-refractivity contribution in [3.63, 3.8) is 0 Å². The Hall–Kier alpha value is -1.70. The van der Waals surface area contributed by atoms with E-state index in [1.54, 1.807) is 30.0 Å². The van der Waals surface area contributed by atoms with Gasteiger partial charge in [0.1, 0.15) is 5.41 Å². The van der Waals surface area contributed by atoms with Crippen LogP contribution >= 0.6 is 35.0 Å². The van der Waals surface area contributed by atoms with Crippen molar-refractivity contribution in [2.45, 2.75) is 39.2 Å². The number of ether oxygens (including phenoxy) is 1. The van der Waals surface area contributed by atoms with Gasteiger partial charge in [-0.3, -0.25) is 14.4 Å². The van der Waals surface area contributed by atoms with Gasteiger partial charge in [0.05, 0.1) is 13.2 Å². The van der Waals surface area contributed by atoms with Crippen molar-refractivity contribution >= 4 is 52.7 Å². The quantitative estimate of drug-likeness (QED) is 0.525. The van der Waals surface area contributed by atoms with Crippen molar-refractivity contribution in [2.75, 3.05) is 31.2 Å². The molecule has 3 aliphatic rings. The van der Waals surface area contributed by atoms with Gasteiger partial charge in [-0.25, -0.2) is 0 Å². The van der Waals surface area contributed by atoms with Gasteiger partial charge in [-0.05, 0) is 43.9 Å². The highest BCUT2D eigenvalue weighted by molar-refractivity contribution is 7.99. The smallest absolute Gasteiger partial charge is 0.318 e. The van der Waals surface area contributed by atoms with Crippen LogP contribution in [0.1, 0.15) is 38.2 Å². The molecule has 1 aromatic rings. The van der Waals surface area contributed by atoms with Gasteiger partial charge in [0.2, 0.25) is 11.8 Å². The number of carbonyl (C=O) groups excluding carboxylic acids is 3. The van der Waals surface area contributed by atoms with E-state index in [4.69, 9.17) is 27.9 Å². The number of hydrogen-bond acceptors (Lipinski definition) is 5. The van der Waals surface area contributed by atoms with Crippen LogP contribution in [0.4, 0.5) is 0 Å². The predicted octanol–water partition coefficient (Wildman–Crippen LogP) is 4.53. The molecule has 2 saturated heterocycles. The second kappa shape index (κ2) is 10.3. The summed E-state index contributed by atoms with van der Waals surface area (Å²) in [4.78, 5) is 43.4. The number of nitrogens with zero attached hydrogens (tertiary/aromatic N) is 2. The molecule has 0 radical (unpaired) electrons. The van der Waals surface area contributed by atoms with Gasteiger partial charge in [0.15, 0.2) is 0 Å². The van der Waals surface area contributed by atoms with Crippen molar-refractivity contribution in [1.82, 2.24) is 9.80 Å². The van der Waals surface area contributed by atoms with Crippen LogP contribution in [0.2, 0.25) is 10.0 Å². The molecule has 2 heterocycles. The van der Waals surface area contributed by atoms with Gasteiger partial charge < -0.3 is 14.5 Å². The third-order valence-electron chi connectivity index (χ3n) is 6.69. The Morgan fingerprint density at radius 1 is 1.24 bits per heavy atom. The molecule has 2 atom stereocenters. The summed E-state index contributed by atoms with van der Waals surface area (Å²) in [6.45, 7) is 3.65. The van der Waals surface area contributed by atoms with Crippen LogP contribution in [-0.4, -0.2) is 58.8 Å². The summed E-state index contributed by atoms with van der Waals surface area (Å²) in [5.41, 5.74) is 0.501. The second-order valence-electron chi connectivity index (χ2n) is 8.69. The summed E-state index contributed by atoms with van der Waals surface area (Å²) in [7, 11) is 0. The molecule has 0 saturated carbocycles. The molecule has 0 unspecified atom stereocenters. The number of esters is 1. The number of rotatable bonds is 6. The van der Waals surface area contributed by atoms with Crippen molar-refractivity contribution in [3.8, 4) is 0 Å². The van der Waals surface area contributed by atoms with E-state index in [0.717, 1.165) is 17.1 Å². The number of piperidine rings is 1. The van der Waals surface area contributed by atoms with E-state index >= 15 is 0 Å². The number of hydrogen-bond donors (Lipinski definition) is 0. The Kier molecular flexibility index (Phi) is 7.61. The van der Waals surface area contributed by atoms with Crippen LogP contribution in [0.15, 0.2) is 30.0 Å². The van der Waals surface area contributed by atoms with E-state index in [2.05, 4.69) is 0 Å². The van der Waals surface area contributed by atoms with Crippen LogP contribution in [0.5, 0.6) is 0 Å². The van der Waals surface area contributed by atoms with Crippen molar-refractivity contribution in [3.05, 3.63) is 45.6 Å². The first-order chi connectivity index (χ1) is 15.9. The normalized spacial score (nSPS) is 25.0. The summed E-state index contributed by atoms with van der Waals surface area (Å²) in [5, 5.41) is 0.970. The molecular formula is C24H28Cl2N2O4S. The number of amides is 2. The maximum absolute atomic E-state index is 13.7. The standard InChI is InChI=1S/C24H28Cl2N2O4S/c1-2-32-23(31)24-7-3-4-20(24)28(15-16-5-6-18(25)13-19(16)26)22(30)17(14-24)12-21(29)27-8-10-33-11-9-27/h4-6,13,17H,2-3,7-12,14-15H2,1H3/t17-,24+/m1/s1. The maximum atomic E-state index is 13.7. The number of allylic oxidation sites excluding steroid dienone is 1. The highest BCUT2D eigenvalue weighted by Crippen LogP contribution is 2.51. The maximum Gasteiger partial charge on any atom is 0.318 e. The monoisotopic (exact) mass is 510 g/mol. The fraction of sp³-hybridized carbons (Fsp3) is 0.542. The van der Waals surface area contributed by atoms with Crippen LogP contribution in [0, 0.1) is 11.3 Å². The zero-order valence-corrected chi connectivity index (χ0v) is 21.0. The average Bonchev–Trinajstić information content (AvgIpc) is 3.23. The summed E-state index contributed by atoms with van der Waals surface area (Å²) < 4.78 is 5.47. The summed E-state index contributed by atoms with van der Waals surface area (Å²) in [6, 6.07) is 5.16. The molecule has 33 heavy (non-hydrogen) atoms. The summed E-state index contributed by atoms with van der Waals surface area (Å²) >= 11 is 14.3. The lowest BCUT2D eigenvalue weighted by atomic mass is 9.71. The van der Waals surface area contributed by atoms with E-state index in [1.165, 1.54) is 0 Å². The molecule has 2 amide bonds. The first kappa shape index (κ1) is 24.4. The average molecular weight is 511 g/mol. The molecular weight excluding hydrogens is 483 g/mol. The minimum Gasteiger partial charge on any atom is -0.465 e. The van der Waals surface area contributed by atoms with Gasteiger partial charge in [0, 0.05) is 52.7 Å². The molecule has 2 fully saturated rings. The van der Waals surface area contributed by atoms with E-state index in [9.17, 15) is 14.4 Å². The molecule has 0 bridgehead atoms. The molecule has 178 valence electrons. The fourth-order valence-electron chi connectivity index (χ4n) is 5.06. The lowest BCUT2D eigenvalue weighted by Gasteiger charge is -2.44. The predicted molar refractivity (Wildman–Crippen MR) is 130 cm³/mol. The topological polar surface area (TPSA) is 66.9 Å². The molecule has 6 nitrogen and oxygen atoms in total. The fourth-order valence-corrected chi connectivity index (χ4v) is 6.43. The Bertz CT molecular complexity index is 979. The highest BCUT2D eigenvalue weighted by Gasteiger charge is 2.55. The minimum atomic E-state index is -0.911. The zero-order chi connectivity index (χ0) is 23.6. The molecule has 1 aromatic carbocycles. The molecule has 1 aliphatic carbocycles. The van der Waals surface area contributed by atoms with Crippen molar-refractivity contribution in [2.24, 2.45) is 11.3 Å². The van der Waals surface area contributed by atoms with E-state index in [0.29, 0.717) is 48.1 Å². The molecule has 2 aliphatic heterocycles. The van der Waals surface area contributed by atoms with E-state index in [1.807, 2.05) is 22.7 Å². The van der Waals surface area contributed by atoms with Crippen molar-refractivity contribution in [1.29, 1.82) is 0 Å². The second-order valence-corrected chi connectivity index (χ2v) is 10.8. The Labute approximate surface area is 208 Å². The third-order valence-corrected chi connectivity index (χ3v) is 8.22. The van der Waals surface area contributed by atoms with Crippen LogP contribution < -0.4 is 0 Å². The van der Waals surface area contributed by atoms with Gasteiger partial charge in [-0.1, -0.05) is 35.3 Å². The molecule has 4 rings (SSSR count). The molecule has 0 spiro atoms. The van der Waals surface area contributed by atoms with Gasteiger partial charge in [0.25, 0.3) is 0 Å². The largest absolute Gasteiger partial charge is 0.465 e. The SMILES string of the molecule is CCOC(=O)[C@]12CCC=C1N(Cc1ccc(Cl)cc1Cl)C(=O)[C@H](CC(=O)N1CCSCC1)C2. The number of carbonyl (C=O) groups is 3. The van der Waals surface area contributed by atoms with Gasteiger partial charge >= 0.3 is 5.97 Å². The first-order valence-corrected chi connectivity index (χ1v) is 13.3. The molecule has 9 heteroatoms. The van der Waals surface area contributed by atoms with Crippen molar-refractivity contribution < 1.29 is 19.1 Å². The molecule has 0 N–H and O–H groups in total. The summed E-state index contributed by atoms with van der Waals surface area (Å²) in [6.07, 6.45) is 3.61. The summed E-state index contributed by atoms with van der Waals surface area (Å²) in [5.74, 6) is 0.741. The number of benzene rings is 1. The highest BCUT2D eigenvalue weighted by atomic mass is 35.5. The van der Waals surface area contributed by atoms with Crippen LogP contribution in [0.3, 0.4) is 0 Å². The minimum absolute atomic E-state index is 0.0254. The third kappa shape index (κ3) is 4.91. The zero-order valence-electron chi connectivity index (χ0n) is 18.6. The van der Waals surface area contributed by atoms with Gasteiger partial charge in [-0.15, -0.1) is 0 Å². The van der Waals surface area contributed by atoms with Gasteiger partial charge in [-0.2, -0.15) is 11.8 Å². The Morgan fingerprint density at radius 2 is 2.00 bits per heavy atom. The Morgan fingerprint density at radius 3 is 2.70 bits per heavy atom. The lowest BCUT2D eigenvalue weighted by Crippen LogP contribution is -2.52. The van der Waals surface area contributed by atoms with E-state index in [-0.39, 0.29) is 37.4 Å². The number of likely N-dealkylation sites (tertiary alicyclic amines) is 1. The lowest BCUT2D eigenvalue weighted by molar-refractivity contribution is -0.161. The van der Waals surface area contributed by atoms with Crippen LogP contribution in [-0.2, 0) is 25.7 Å².